The molecule has 3 aliphatic rings. The van der Waals surface area contributed by atoms with Gasteiger partial charge in [0, 0.05) is 0 Å². The Labute approximate surface area is 66.9 Å². The van der Waals surface area contributed by atoms with E-state index in [1.54, 1.807) is 0 Å². The summed E-state index contributed by atoms with van der Waals surface area (Å²) < 4.78 is 11.0. The van der Waals surface area contributed by atoms with Crippen molar-refractivity contribution in [3.8, 4) is 0 Å². The second kappa shape index (κ2) is 2.20. The summed E-state index contributed by atoms with van der Waals surface area (Å²) in [7, 11) is 0. The third kappa shape index (κ3) is 1.18. The van der Waals surface area contributed by atoms with E-state index in [0.717, 1.165) is 0 Å². The Hall–Kier alpha value is -0.0800. The van der Waals surface area contributed by atoms with Gasteiger partial charge in [-0.15, -0.1) is 0 Å². The third-order valence-electron chi connectivity index (χ3n) is 3.09. The van der Waals surface area contributed by atoms with Gasteiger partial charge in [0.1, 0.15) is 0 Å². The van der Waals surface area contributed by atoms with Crippen molar-refractivity contribution in [3.05, 3.63) is 0 Å². The van der Waals surface area contributed by atoms with E-state index in [9.17, 15) is 0 Å². The first-order valence-electron chi connectivity index (χ1n) is 4.74. The molecule has 2 aliphatic heterocycles. The summed E-state index contributed by atoms with van der Waals surface area (Å²) in [6.07, 6.45) is 8.82. The maximum Gasteiger partial charge on any atom is 0.0842 e. The minimum Gasteiger partial charge on any atom is -0.370 e. The number of rotatable bonds is 0. The zero-order chi connectivity index (χ0) is 7.26. The summed E-state index contributed by atoms with van der Waals surface area (Å²) in [5, 5.41) is 0. The van der Waals surface area contributed by atoms with Crippen LogP contribution in [0.1, 0.15) is 32.1 Å². The fourth-order valence-corrected chi connectivity index (χ4v) is 2.22. The molecule has 11 heavy (non-hydrogen) atoms. The Morgan fingerprint density at radius 3 is 1.64 bits per heavy atom. The SMILES string of the molecule is C1C[C@@H]2O[C@H]2CC[C@@H]2O[C@H]2C1. The topological polar surface area (TPSA) is 25.1 Å². The number of fused-ring (bicyclic) bond motifs is 2. The van der Waals surface area contributed by atoms with E-state index in [1.807, 2.05) is 0 Å². The van der Waals surface area contributed by atoms with E-state index >= 15 is 0 Å². The first-order chi connectivity index (χ1) is 5.43. The van der Waals surface area contributed by atoms with Crippen LogP contribution in [0.5, 0.6) is 0 Å². The van der Waals surface area contributed by atoms with Gasteiger partial charge in [-0.25, -0.2) is 0 Å². The highest BCUT2D eigenvalue weighted by Crippen LogP contribution is 2.39. The van der Waals surface area contributed by atoms with Crippen LogP contribution in [0.4, 0.5) is 0 Å². The quantitative estimate of drug-likeness (QED) is 0.494. The first-order valence-corrected chi connectivity index (χ1v) is 4.74. The zero-order valence-corrected chi connectivity index (χ0v) is 6.66. The minimum atomic E-state index is 0.609. The van der Waals surface area contributed by atoms with Crippen molar-refractivity contribution in [3.63, 3.8) is 0 Å². The van der Waals surface area contributed by atoms with Crippen molar-refractivity contribution in [2.75, 3.05) is 0 Å². The normalized spacial score (nSPS) is 54.5. The van der Waals surface area contributed by atoms with E-state index in [4.69, 9.17) is 9.47 Å². The second-order valence-electron chi connectivity index (χ2n) is 3.93. The van der Waals surface area contributed by atoms with Gasteiger partial charge in [0.25, 0.3) is 0 Å². The van der Waals surface area contributed by atoms with Gasteiger partial charge < -0.3 is 9.47 Å². The fourth-order valence-electron chi connectivity index (χ4n) is 2.22. The van der Waals surface area contributed by atoms with Crippen LogP contribution >= 0.6 is 0 Å². The van der Waals surface area contributed by atoms with Crippen LogP contribution in [-0.2, 0) is 9.47 Å². The molecule has 0 unspecified atom stereocenters. The Bertz CT molecular complexity index is 151. The standard InChI is InChI=1S/C9H14O2/c1-2-6-8(10-6)4-5-9-7(3-1)11-9/h6-9H,1-5H2/t6-,7-,8-,9-/m0/s1. The molecule has 0 aromatic carbocycles. The second-order valence-corrected chi connectivity index (χ2v) is 3.93. The molecule has 2 heteroatoms. The third-order valence-corrected chi connectivity index (χ3v) is 3.09. The summed E-state index contributed by atoms with van der Waals surface area (Å²) in [6.45, 7) is 0. The van der Waals surface area contributed by atoms with Crippen LogP contribution in [0.3, 0.4) is 0 Å². The lowest BCUT2D eigenvalue weighted by Crippen LogP contribution is -1.95. The summed E-state index contributed by atoms with van der Waals surface area (Å²) in [5.41, 5.74) is 0. The molecule has 3 rings (SSSR count). The van der Waals surface area contributed by atoms with Gasteiger partial charge >= 0.3 is 0 Å². The molecular weight excluding hydrogens is 140 g/mol. The predicted molar refractivity (Wildman–Crippen MR) is 40.4 cm³/mol. The van der Waals surface area contributed by atoms with Crippen molar-refractivity contribution in [1.82, 2.24) is 0 Å². The van der Waals surface area contributed by atoms with E-state index in [2.05, 4.69) is 0 Å². The Morgan fingerprint density at radius 1 is 0.636 bits per heavy atom. The molecule has 0 radical (unpaired) electrons. The van der Waals surface area contributed by atoms with Crippen LogP contribution in [0, 0.1) is 0 Å². The van der Waals surface area contributed by atoms with E-state index in [-0.39, 0.29) is 0 Å². The number of hydrogen-bond donors (Lipinski definition) is 0. The van der Waals surface area contributed by atoms with E-state index < -0.39 is 0 Å². The largest absolute Gasteiger partial charge is 0.370 e. The summed E-state index contributed by atoms with van der Waals surface area (Å²) in [5.74, 6) is 0. The van der Waals surface area contributed by atoms with Crippen LogP contribution in [0.25, 0.3) is 0 Å². The summed E-state index contributed by atoms with van der Waals surface area (Å²) in [4.78, 5) is 0. The van der Waals surface area contributed by atoms with Crippen LogP contribution in [0.15, 0.2) is 0 Å². The summed E-state index contributed by atoms with van der Waals surface area (Å²) >= 11 is 0. The van der Waals surface area contributed by atoms with Crippen molar-refractivity contribution in [1.29, 1.82) is 0 Å². The van der Waals surface area contributed by atoms with Crippen molar-refractivity contribution in [2.45, 2.75) is 56.5 Å². The molecule has 0 aromatic heterocycles. The molecule has 2 saturated heterocycles. The number of hydrogen-bond acceptors (Lipinski definition) is 2. The smallest absolute Gasteiger partial charge is 0.0842 e. The van der Waals surface area contributed by atoms with Crippen LogP contribution < -0.4 is 0 Å². The molecule has 0 bridgehead atoms. The molecule has 2 heterocycles. The van der Waals surface area contributed by atoms with Gasteiger partial charge in [0.05, 0.1) is 24.4 Å². The highest BCUT2D eigenvalue weighted by atomic mass is 16.6. The van der Waals surface area contributed by atoms with Crippen LogP contribution in [-0.4, -0.2) is 24.4 Å². The molecule has 0 amide bonds. The molecule has 1 aliphatic carbocycles. The molecular formula is C9H14O2. The van der Waals surface area contributed by atoms with E-state index in [1.165, 1.54) is 32.1 Å². The number of epoxide rings is 2. The number of ether oxygens (including phenoxy) is 2. The van der Waals surface area contributed by atoms with Gasteiger partial charge in [-0.2, -0.15) is 0 Å². The maximum atomic E-state index is 5.50. The molecule has 4 atom stereocenters. The molecule has 0 aromatic rings. The average molecular weight is 154 g/mol. The maximum absolute atomic E-state index is 5.50. The molecule has 0 N–H and O–H groups in total. The first kappa shape index (κ1) is 6.44. The predicted octanol–water partition coefficient (Wildman–Crippen LogP) is 1.49. The van der Waals surface area contributed by atoms with Gasteiger partial charge in [-0.1, -0.05) is 0 Å². The van der Waals surface area contributed by atoms with E-state index in [0.29, 0.717) is 24.4 Å². The average Bonchev–Trinajstić information content (AvgIpc) is 2.85. The van der Waals surface area contributed by atoms with Crippen molar-refractivity contribution in [2.24, 2.45) is 0 Å². The molecule has 3 fully saturated rings. The molecule has 62 valence electrons. The van der Waals surface area contributed by atoms with Crippen molar-refractivity contribution >= 4 is 0 Å². The Balaban J connectivity index is 1.62. The van der Waals surface area contributed by atoms with Gasteiger partial charge in [0.15, 0.2) is 0 Å². The monoisotopic (exact) mass is 154 g/mol. The van der Waals surface area contributed by atoms with Gasteiger partial charge in [0.2, 0.25) is 0 Å². The molecule has 1 saturated carbocycles. The highest BCUT2D eigenvalue weighted by Gasteiger charge is 2.45. The lowest BCUT2D eigenvalue weighted by Gasteiger charge is -1.91. The Kier molecular flexibility index (Phi) is 1.29. The summed E-state index contributed by atoms with van der Waals surface area (Å²) in [6, 6.07) is 0. The van der Waals surface area contributed by atoms with Gasteiger partial charge in [-0.3, -0.25) is 0 Å². The molecule has 0 spiro atoms. The molecule has 2 nitrogen and oxygen atoms in total. The Morgan fingerprint density at radius 2 is 1.09 bits per heavy atom. The van der Waals surface area contributed by atoms with Crippen molar-refractivity contribution < 1.29 is 9.47 Å². The highest BCUT2D eigenvalue weighted by molar-refractivity contribution is 4.93. The zero-order valence-electron chi connectivity index (χ0n) is 6.66. The fraction of sp³-hybridized carbons (Fsp3) is 1.00. The van der Waals surface area contributed by atoms with Gasteiger partial charge in [-0.05, 0) is 32.1 Å². The lowest BCUT2D eigenvalue weighted by molar-refractivity contribution is 0.339. The minimum absolute atomic E-state index is 0.609. The van der Waals surface area contributed by atoms with Crippen LogP contribution in [0.2, 0.25) is 0 Å². The lowest BCUT2D eigenvalue weighted by atomic mass is 10.1.